The maximum Gasteiger partial charge on any atom is 0.338 e. The van der Waals surface area contributed by atoms with Gasteiger partial charge in [0, 0.05) is 24.0 Å². The Labute approximate surface area is 203 Å². The minimum atomic E-state index is -0.358. The molecule has 0 atom stereocenters. The van der Waals surface area contributed by atoms with Crippen LogP contribution in [0.15, 0.2) is 94.6 Å². The van der Waals surface area contributed by atoms with E-state index in [1.165, 1.54) is 22.3 Å². The molecular weight excluding hydrogens is 424 g/mol. The summed E-state index contributed by atoms with van der Waals surface area (Å²) in [5.74, 6) is 0.704. The quantitative estimate of drug-likeness (QED) is 0.278. The van der Waals surface area contributed by atoms with Gasteiger partial charge in [-0.05, 0) is 74.7 Å². The van der Waals surface area contributed by atoms with Crippen molar-refractivity contribution in [1.29, 1.82) is 0 Å². The average molecular weight is 461 g/mol. The van der Waals surface area contributed by atoms with Gasteiger partial charge >= 0.3 is 11.9 Å². The number of hydrogen-bond donors (Lipinski definition) is 0. The summed E-state index contributed by atoms with van der Waals surface area (Å²) in [6.45, 7) is 15.2. The van der Waals surface area contributed by atoms with Crippen LogP contribution in [-0.2, 0) is 19.1 Å². The van der Waals surface area contributed by atoms with Gasteiger partial charge in [0.2, 0.25) is 0 Å². The minimum absolute atomic E-state index is 0.0481. The van der Waals surface area contributed by atoms with Crippen molar-refractivity contribution in [3.05, 3.63) is 94.6 Å². The molecule has 180 valence electrons. The molecule has 0 N–H and O–H groups in total. The van der Waals surface area contributed by atoms with Crippen LogP contribution in [0.25, 0.3) is 0 Å². The molecular formula is C30H36O4. The van der Waals surface area contributed by atoms with Gasteiger partial charge in [-0.25, -0.2) is 9.59 Å². The van der Waals surface area contributed by atoms with Crippen molar-refractivity contribution in [3.63, 3.8) is 0 Å². The molecule has 0 bridgehead atoms. The van der Waals surface area contributed by atoms with Crippen LogP contribution in [-0.4, -0.2) is 11.9 Å². The van der Waals surface area contributed by atoms with E-state index in [4.69, 9.17) is 9.47 Å². The molecule has 0 unspecified atom stereocenters. The zero-order chi connectivity index (χ0) is 24.9. The fraction of sp³-hybridized carbons (Fsp3) is 0.400. The van der Waals surface area contributed by atoms with Crippen molar-refractivity contribution in [2.75, 3.05) is 0 Å². The largest absolute Gasteiger partial charge is 0.428 e. The van der Waals surface area contributed by atoms with Crippen molar-refractivity contribution in [3.8, 4) is 0 Å². The fourth-order valence-electron chi connectivity index (χ4n) is 4.43. The molecule has 3 aliphatic rings. The number of hydrogen-bond acceptors (Lipinski definition) is 4. The third kappa shape index (κ3) is 6.69. The van der Waals surface area contributed by atoms with Gasteiger partial charge in [-0.3, -0.25) is 0 Å². The van der Waals surface area contributed by atoms with Crippen LogP contribution in [0.1, 0.15) is 72.6 Å². The lowest BCUT2D eigenvalue weighted by molar-refractivity contribution is -0.136. The Balaban J connectivity index is 1.61. The summed E-state index contributed by atoms with van der Waals surface area (Å²) in [4.78, 5) is 23.5. The van der Waals surface area contributed by atoms with Gasteiger partial charge in [0.25, 0.3) is 0 Å². The van der Waals surface area contributed by atoms with Crippen LogP contribution >= 0.6 is 0 Å². The van der Waals surface area contributed by atoms with E-state index < -0.39 is 0 Å². The van der Waals surface area contributed by atoms with Crippen molar-refractivity contribution in [2.45, 2.75) is 72.6 Å². The highest BCUT2D eigenvalue weighted by atomic mass is 16.5. The Kier molecular flexibility index (Phi) is 8.14. The highest BCUT2D eigenvalue weighted by molar-refractivity contribution is 5.88. The molecule has 0 aromatic carbocycles. The summed E-state index contributed by atoms with van der Waals surface area (Å²) < 4.78 is 10.8. The summed E-state index contributed by atoms with van der Waals surface area (Å²) in [5, 5.41) is 0. The van der Waals surface area contributed by atoms with Crippen molar-refractivity contribution in [1.82, 2.24) is 0 Å². The van der Waals surface area contributed by atoms with Gasteiger partial charge < -0.3 is 9.47 Å². The van der Waals surface area contributed by atoms with Crippen molar-refractivity contribution >= 4 is 11.9 Å². The third-order valence-corrected chi connectivity index (χ3v) is 6.55. The first-order valence-corrected chi connectivity index (χ1v) is 12.0. The number of carbonyl (C=O) groups excluding carboxylic acids is 2. The van der Waals surface area contributed by atoms with Crippen LogP contribution < -0.4 is 0 Å². The normalized spacial score (nSPS) is 18.4. The Morgan fingerprint density at radius 1 is 0.735 bits per heavy atom. The van der Waals surface area contributed by atoms with E-state index in [0.29, 0.717) is 22.7 Å². The van der Waals surface area contributed by atoms with E-state index in [2.05, 4.69) is 51.3 Å². The highest BCUT2D eigenvalue weighted by Crippen LogP contribution is 2.41. The van der Waals surface area contributed by atoms with Crippen LogP contribution in [0.2, 0.25) is 0 Å². The average Bonchev–Trinajstić information content (AvgIpc) is 2.80. The highest BCUT2D eigenvalue weighted by Gasteiger charge is 2.27. The summed E-state index contributed by atoms with van der Waals surface area (Å²) in [7, 11) is 0. The smallest absolute Gasteiger partial charge is 0.338 e. The first-order chi connectivity index (χ1) is 16.0. The number of rotatable bonds is 8. The molecule has 4 heteroatoms. The second-order valence-corrected chi connectivity index (χ2v) is 10.1. The van der Waals surface area contributed by atoms with E-state index >= 15 is 0 Å². The SMILES string of the molecule is C=C(C)C(=O)OC1=CC=C(C2=CC=C(CC(C)(C)C3=CC=C(OC(=O)C(=C)C)CC3)CC2)CC1. The zero-order valence-corrected chi connectivity index (χ0v) is 21.0. The Bertz CT molecular complexity index is 1080. The van der Waals surface area contributed by atoms with Crippen LogP contribution in [0, 0.1) is 5.41 Å². The molecule has 0 amide bonds. The molecule has 0 aromatic heterocycles. The molecule has 0 aromatic rings. The van der Waals surface area contributed by atoms with Crippen molar-refractivity contribution < 1.29 is 19.1 Å². The lowest BCUT2D eigenvalue weighted by Gasteiger charge is -2.32. The van der Waals surface area contributed by atoms with Crippen molar-refractivity contribution in [2.24, 2.45) is 5.41 Å². The molecule has 0 radical (unpaired) electrons. The molecule has 0 spiro atoms. The molecule has 0 saturated heterocycles. The zero-order valence-electron chi connectivity index (χ0n) is 21.0. The Hall–Kier alpha value is -3.14. The lowest BCUT2D eigenvalue weighted by atomic mass is 9.73. The molecule has 34 heavy (non-hydrogen) atoms. The van der Waals surface area contributed by atoms with Crippen LogP contribution in [0.3, 0.4) is 0 Å². The number of ether oxygens (including phenoxy) is 2. The first-order valence-electron chi connectivity index (χ1n) is 12.0. The van der Waals surface area contributed by atoms with Gasteiger partial charge in [-0.1, -0.05) is 62.5 Å². The van der Waals surface area contributed by atoms with Gasteiger partial charge in [-0.15, -0.1) is 0 Å². The number of carbonyl (C=O) groups is 2. The molecule has 3 rings (SSSR count). The predicted molar refractivity (Wildman–Crippen MR) is 136 cm³/mol. The third-order valence-electron chi connectivity index (χ3n) is 6.55. The molecule has 0 heterocycles. The molecule has 3 aliphatic carbocycles. The van der Waals surface area contributed by atoms with E-state index in [-0.39, 0.29) is 17.4 Å². The maximum absolute atomic E-state index is 11.7. The Morgan fingerprint density at radius 3 is 1.65 bits per heavy atom. The van der Waals surface area contributed by atoms with Crippen LogP contribution in [0.4, 0.5) is 0 Å². The molecule has 0 fully saturated rings. The lowest BCUT2D eigenvalue weighted by Crippen LogP contribution is -2.19. The minimum Gasteiger partial charge on any atom is -0.428 e. The summed E-state index contributed by atoms with van der Waals surface area (Å²) >= 11 is 0. The Morgan fingerprint density at radius 2 is 1.24 bits per heavy atom. The molecule has 0 aliphatic heterocycles. The van der Waals surface area contributed by atoms with E-state index in [1.807, 2.05) is 12.2 Å². The van der Waals surface area contributed by atoms with E-state index in [9.17, 15) is 9.59 Å². The second kappa shape index (κ2) is 10.9. The van der Waals surface area contributed by atoms with Gasteiger partial charge in [0.05, 0.1) is 0 Å². The predicted octanol–water partition coefficient (Wildman–Crippen LogP) is 7.50. The first kappa shape index (κ1) is 25.5. The summed E-state index contributed by atoms with van der Waals surface area (Å²) in [6, 6.07) is 0. The monoisotopic (exact) mass is 460 g/mol. The van der Waals surface area contributed by atoms with Gasteiger partial charge in [0.15, 0.2) is 0 Å². The summed E-state index contributed by atoms with van der Waals surface area (Å²) in [6.07, 6.45) is 18.9. The maximum atomic E-state index is 11.7. The molecule has 4 nitrogen and oxygen atoms in total. The van der Waals surface area contributed by atoms with E-state index in [0.717, 1.165) is 44.9 Å². The summed E-state index contributed by atoms with van der Waals surface area (Å²) in [5.41, 5.74) is 6.41. The van der Waals surface area contributed by atoms with E-state index in [1.54, 1.807) is 13.8 Å². The number of esters is 2. The fourth-order valence-corrected chi connectivity index (χ4v) is 4.43. The topological polar surface area (TPSA) is 52.6 Å². The molecule has 0 saturated carbocycles. The second-order valence-electron chi connectivity index (χ2n) is 10.1. The van der Waals surface area contributed by atoms with Crippen LogP contribution in [0.5, 0.6) is 0 Å². The standard InChI is InChI=1S/C30H36O4/c1-20(2)28(31)33-26-15-11-24(12-16-26)23-9-7-22(8-10-23)19-30(5,6)25-13-17-27(18-14-25)34-29(32)21(3)4/h7,9,11,13,15,17H,1,3,8,10,12,14,16,18-19H2,2,4-6H3. The van der Waals surface area contributed by atoms with Gasteiger partial charge in [0.1, 0.15) is 11.5 Å². The van der Waals surface area contributed by atoms with Gasteiger partial charge in [-0.2, -0.15) is 0 Å². The number of allylic oxidation sites excluding steroid dienone is 12.